The van der Waals surface area contributed by atoms with Gasteiger partial charge in [-0.05, 0) is 51.8 Å². The minimum atomic E-state index is -0.967. The smallest absolute Gasteiger partial charge is 0.410 e. The molecule has 136 valence electrons. The fourth-order valence-corrected chi connectivity index (χ4v) is 3.73. The van der Waals surface area contributed by atoms with Gasteiger partial charge in [-0.2, -0.15) is 0 Å². The van der Waals surface area contributed by atoms with Crippen LogP contribution in [-0.2, 0) is 4.74 Å². The van der Waals surface area contributed by atoms with E-state index < -0.39 is 11.6 Å². The standard InChI is InChI=1S/C19H25NO5/c1-19(2,3)25-18(23)20-13-7-8-14(20)11-16(10-13)24-15-6-4-5-12(9-15)17(21)22/h4-6,9,13-14,16H,7-8,10-11H2,1-3H3,(H,21,22)/t13-,14+,16?. The minimum absolute atomic E-state index is 0.0137. The summed E-state index contributed by atoms with van der Waals surface area (Å²) in [5, 5.41) is 9.08. The molecule has 1 N–H and O–H groups in total. The lowest BCUT2D eigenvalue weighted by Crippen LogP contribution is -2.50. The summed E-state index contributed by atoms with van der Waals surface area (Å²) in [7, 11) is 0. The van der Waals surface area contributed by atoms with E-state index in [9.17, 15) is 9.59 Å². The van der Waals surface area contributed by atoms with E-state index in [0.29, 0.717) is 5.75 Å². The third-order valence-corrected chi connectivity index (χ3v) is 4.68. The van der Waals surface area contributed by atoms with E-state index in [1.807, 2.05) is 25.7 Å². The van der Waals surface area contributed by atoms with Crippen LogP contribution in [0, 0.1) is 0 Å². The fourth-order valence-electron chi connectivity index (χ4n) is 3.73. The van der Waals surface area contributed by atoms with Crippen LogP contribution in [0.2, 0.25) is 0 Å². The number of piperidine rings is 1. The molecule has 6 heteroatoms. The summed E-state index contributed by atoms with van der Waals surface area (Å²) in [5.41, 5.74) is -0.284. The number of carboxylic acid groups (broad SMARTS) is 1. The molecule has 2 saturated heterocycles. The number of ether oxygens (including phenoxy) is 2. The van der Waals surface area contributed by atoms with Gasteiger partial charge in [0.1, 0.15) is 17.5 Å². The maximum Gasteiger partial charge on any atom is 0.410 e. The summed E-state index contributed by atoms with van der Waals surface area (Å²) in [4.78, 5) is 25.4. The Morgan fingerprint density at radius 1 is 1.16 bits per heavy atom. The molecule has 0 radical (unpaired) electrons. The number of amides is 1. The second-order valence-corrected chi connectivity index (χ2v) is 7.82. The van der Waals surface area contributed by atoms with Gasteiger partial charge in [0.05, 0.1) is 5.56 Å². The van der Waals surface area contributed by atoms with Gasteiger partial charge in [-0.15, -0.1) is 0 Å². The molecule has 0 spiro atoms. The normalized spacial score (nSPS) is 25.6. The topological polar surface area (TPSA) is 76.1 Å². The van der Waals surface area contributed by atoms with Gasteiger partial charge in [-0.1, -0.05) is 6.07 Å². The van der Waals surface area contributed by atoms with Crippen molar-refractivity contribution in [1.82, 2.24) is 4.90 Å². The minimum Gasteiger partial charge on any atom is -0.490 e. The summed E-state index contributed by atoms with van der Waals surface area (Å²) in [6, 6.07) is 6.80. The average molecular weight is 347 g/mol. The Hall–Kier alpha value is -2.24. The highest BCUT2D eigenvalue weighted by atomic mass is 16.6. The largest absolute Gasteiger partial charge is 0.490 e. The molecule has 1 unspecified atom stereocenters. The van der Waals surface area contributed by atoms with Crippen molar-refractivity contribution in [1.29, 1.82) is 0 Å². The maximum atomic E-state index is 12.5. The average Bonchev–Trinajstić information content (AvgIpc) is 2.77. The zero-order valence-corrected chi connectivity index (χ0v) is 14.9. The van der Waals surface area contributed by atoms with Gasteiger partial charge in [0.25, 0.3) is 0 Å². The van der Waals surface area contributed by atoms with Crippen LogP contribution >= 0.6 is 0 Å². The van der Waals surface area contributed by atoms with Crippen molar-refractivity contribution >= 4 is 12.1 Å². The van der Waals surface area contributed by atoms with Crippen LogP contribution in [0.4, 0.5) is 4.79 Å². The predicted octanol–water partition coefficient (Wildman–Crippen LogP) is 3.69. The third-order valence-electron chi connectivity index (χ3n) is 4.68. The first-order valence-electron chi connectivity index (χ1n) is 8.74. The van der Waals surface area contributed by atoms with Gasteiger partial charge in [-0.25, -0.2) is 9.59 Å². The first kappa shape index (κ1) is 17.6. The van der Waals surface area contributed by atoms with E-state index in [4.69, 9.17) is 14.6 Å². The lowest BCUT2D eigenvalue weighted by molar-refractivity contribution is -0.00712. The second-order valence-electron chi connectivity index (χ2n) is 7.82. The molecule has 2 aliphatic rings. The molecule has 2 heterocycles. The number of hydrogen-bond donors (Lipinski definition) is 1. The van der Waals surface area contributed by atoms with Crippen LogP contribution in [-0.4, -0.2) is 45.9 Å². The van der Waals surface area contributed by atoms with Crippen LogP contribution in [0.1, 0.15) is 56.8 Å². The zero-order chi connectivity index (χ0) is 18.2. The molecule has 0 aliphatic carbocycles. The number of carboxylic acids is 1. The van der Waals surface area contributed by atoms with Gasteiger partial charge in [0.15, 0.2) is 0 Å². The monoisotopic (exact) mass is 347 g/mol. The van der Waals surface area contributed by atoms with Crippen LogP contribution in [0.3, 0.4) is 0 Å². The zero-order valence-electron chi connectivity index (χ0n) is 14.9. The van der Waals surface area contributed by atoms with E-state index in [-0.39, 0.29) is 29.8 Å². The van der Waals surface area contributed by atoms with Crippen molar-refractivity contribution in [2.75, 3.05) is 0 Å². The Morgan fingerprint density at radius 2 is 1.80 bits per heavy atom. The summed E-state index contributed by atoms with van der Waals surface area (Å²) >= 11 is 0. The predicted molar refractivity (Wildman–Crippen MR) is 91.9 cm³/mol. The van der Waals surface area contributed by atoms with Crippen LogP contribution in [0.15, 0.2) is 24.3 Å². The molecule has 2 bridgehead atoms. The molecular weight excluding hydrogens is 322 g/mol. The molecular formula is C19H25NO5. The Kier molecular flexibility index (Phi) is 4.62. The van der Waals surface area contributed by atoms with Crippen molar-refractivity contribution in [3.05, 3.63) is 29.8 Å². The number of nitrogens with zero attached hydrogens (tertiary/aromatic N) is 1. The summed E-state index contributed by atoms with van der Waals surface area (Å²) in [6.07, 6.45) is 3.14. The van der Waals surface area contributed by atoms with Crippen LogP contribution in [0.25, 0.3) is 0 Å². The molecule has 1 amide bonds. The van der Waals surface area contributed by atoms with E-state index in [1.165, 1.54) is 0 Å². The van der Waals surface area contributed by atoms with E-state index in [0.717, 1.165) is 25.7 Å². The number of benzene rings is 1. The van der Waals surface area contributed by atoms with E-state index >= 15 is 0 Å². The summed E-state index contributed by atoms with van der Waals surface area (Å²) < 4.78 is 11.5. The number of carbonyl (C=O) groups is 2. The third kappa shape index (κ3) is 4.06. The summed E-state index contributed by atoms with van der Waals surface area (Å²) in [5.74, 6) is -0.403. The molecule has 3 rings (SSSR count). The second kappa shape index (κ2) is 6.58. The molecule has 0 saturated carbocycles. The van der Waals surface area contributed by atoms with E-state index in [1.54, 1.807) is 24.3 Å². The number of fused-ring (bicyclic) bond motifs is 2. The number of aromatic carboxylic acids is 1. The van der Waals surface area contributed by atoms with Crippen molar-refractivity contribution in [2.45, 2.75) is 70.2 Å². The fraction of sp³-hybridized carbons (Fsp3) is 0.579. The van der Waals surface area contributed by atoms with Crippen molar-refractivity contribution in [2.24, 2.45) is 0 Å². The molecule has 1 aromatic rings. The Bertz CT molecular complexity index is 652. The molecule has 25 heavy (non-hydrogen) atoms. The number of carbonyl (C=O) groups excluding carboxylic acids is 1. The SMILES string of the molecule is CC(C)(C)OC(=O)N1[C@@H]2CC[C@H]1CC(Oc1cccc(C(=O)O)c1)C2. The van der Waals surface area contributed by atoms with Crippen molar-refractivity contribution in [3.8, 4) is 5.75 Å². The molecule has 2 aliphatic heterocycles. The van der Waals surface area contributed by atoms with Gasteiger partial charge < -0.3 is 19.5 Å². The van der Waals surface area contributed by atoms with Gasteiger partial charge in [0.2, 0.25) is 0 Å². The summed E-state index contributed by atoms with van der Waals surface area (Å²) in [6.45, 7) is 5.62. The Labute approximate surface area is 147 Å². The highest BCUT2D eigenvalue weighted by Crippen LogP contribution is 2.38. The Balaban J connectivity index is 1.65. The molecule has 2 fully saturated rings. The van der Waals surface area contributed by atoms with Crippen molar-refractivity contribution in [3.63, 3.8) is 0 Å². The number of rotatable bonds is 3. The molecule has 1 aromatic carbocycles. The Morgan fingerprint density at radius 3 is 2.36 bits per heavy atom. The van der Waals surface area contributed by atoms with Crippen molar-refractivity contribution < 1.29 is 24.2 Å². The van der Waals surface area contributed by atoms with E-state index in [2.05, 4.69) is 0 Å². The van der Waals surface area contributed by atoms with Crippen LogP contribution in [0.5, 0.6) is 5.75 Å². The highest BCUT2D eigenvalue weighted by Gasteiger charge is 2.45. The molecule has 3 atom stereocenters. The molecule has 6 nitrogen and oxygen atoms in total. The number of hydrogen-bond acceptors (Lipinski definition) is 4. The quantitative estimate of drug-likeness (QED) is 0.902. The highest BCUT2D eigenvalue weighted by molar-refractivity contribution is 5.88. The van der Waals surface area contributed by atoms with Gasteiger partial charge >= 0.3 is 12.1 Å². The lowest BCUT2D eigenvalue weighted by Gasteiger charge is -2.39. The van der Waals surface area contributed by atoms with Gasteiger partial charge in [-0.3, -0.25) is 0 Å². The van der Waals surface area contributed by atoms with Gasteiger partial charge in [0, 0.05) is 24.9 Å². The lowest BCUT2D eigenvalue weighted by atomic mass is 10.00. The maximum absolute atomic E-state index is 12.5. The molecule has 0 aromatic heterocycles. The first-order chi connectivity index (χ1) is 11.7. The van der Waals surface area contributed by atoms with Crippen LogP contribution < -0.4 is 4.74 Å². The first-order valence-corrected chi connectivity index (χ1v) is 8.74.